The van der Waals surface area contributed by atoms with Crippen LogP contribution in [0.25, 0.3) is 0 Å². The molecule has 0 saturated heterocycles. The Hall–Kier alpha value is -1.10. The fourth-order valence-electron chi connectivity index (χ4n) is 1.19. The summed E-state index contributed by atoms with van der Waals surface area (Å²) < 4.78 is 0. The molecule has 1 amide bonds. The summed E-state index contributed by atoms with van der Waals surface area (Å²) in [5.41, 5.74) is 0. The van der Waals surface area contributed by atoms with E-state index in [-0.39, 0.29) is 19.0 Å². The minimum atomic E-state index is -0.917. The Morgan fingerprint density at radius 3 is 2.00 bits per heavy atom. The van der Waals surface area contributed by atoms with Gasteiger partial charge < -0.3 is 10.0 Å². The van der Waals surface area contributed by atoms with E-state index in [2.05, 4.69) is 0 Å². The summed E-state index contributed by atoms with van der Waals surface area (Å²) in [5, 5.41) is 8.48. The number of hydrogen-bond acceptors (Lipinski definition) is 3. The average molecular weight is 202 g/mol. The number of carbonyl (C=O) groups excluding carboxylic acids is 1. The summed E-state index contributed by atoms with van der Waals surface area (Å²) in [6, 6.07) is 0. The van der Waals surface area contributed by atoms with Crippen LogP contribution in [0.3, 0.4) is 0 Å². The fourth-order valence-corrected chi connectivity index (χ4v) is 1.19. The molecule has 82 valence electrons. The van der Waals surface area contributed by atoms with E-state index in [1.807, 2.05) is 13.8 Å². The molecule has 0 unspecified atom stereocenters. The molecule has 0 heterocycles. The maximum Gasteiger partial charge on any atom is 0.317 e. The van der Waals surface area contributed by atoms with Crippen molar-refractivity contribution >= 4 is 11.9 Å². The molecular weight excluding hydrogens is 184 g/mol. The summed E-state index contributed by atoms with van der Waals surface area (Å²) in [4.78, 5) is 25.0. The second-order valence-corrected chi connectivity index (χ2v) is 3.13. The quantitative estimate of drug-likeness (QED) is 0.652. The molecule has 0 aliphatic rings. The van der Waals surface area contributed by atoms with E-state index in [0.29, 0.717) is 13.1 Å². The molecule has 0 aromatic carbocycles. The standard InChI is InChI=1S/C9H18N2O3/c1-4-11(5-2)8(12)6-10(3)7-9(13)14/h4-7H2,1-3H3,(H,13,14). The highest BCUT2D eigenvalue weighted by Gasteiger charge is 2.13. The highest BCUT2D eigenvalue weighted by Crippen LogP contribution is 1.91. The predicted octanol–water partition coefficient (Wildman–Crippen LogP) is -0.129. The summed E-state index contributed by atoms with van der Waals surface area (Å²) in [7, 11) is 1.62. The first kappa shape index (κ1) is 12.9. The molecule has 0 aliphatic heterocycles. The number of hydrogen-bond donors (Lipinski definition) is 1. The molecule has 0 aromatic heterocycles. The number of carbonyl (C=O) groups is 2. The Bertz CT molecular complexity index is 202. The van der Waals surface area contributed by atoms with Gasteiger partial charge in [0.05, 0.1) is 13.1 Å². The molecule has 1 N–H and O–H groups in total. The number of likely N-dealkylation sites (N-methyl/N-ethyl adjacent to an activating group) is 2. The van der Waals surface area contributed by atoms with Crippen molar-refractivity contribution in [2.75, 3.05) is 33.2 Å². The molecule has 0 aliphatic carbocycles. The van der Waals surface area contributed by atoms with E-state index in [0.717, 1.165) is 0 Å². The summed E-state index contributed by atoms with van der Waals surface area (Å²) in [6.45, 7) is 5.19. The zero-order valence-electron chi connectivity index (χ0n) is 8.99. The number of aliphatic carboxylic acids is 1. The maximum absolute atomic E-state index is 11.5. The molecule has 0 atom stereocenters. The number of carboxylic acid groups (broad SMARTS) is 1. The Labute approximate surface area is 84.3 Å². The van der Waals surface area contributed by atoms with Crippen molar-refractivity contribution in [3.63, 3.8) is 0 Å². The Morgan fingerprint density at radius 2 is 1.64 bits per heavy atom. The van der Waals surface area contributed by atoms with E-state index in [9.17, 15) is 9.59 Å². The van der Waals surface area contributed by atoms with Crippen LogP contribution in [0.5, 0.6) is 0 Å². The van der Waals surface area contributed by atoms with Crippen LogP contribution in [0.1, 0.15) is 13.8 Å². The number of rotatable bonds is 6. The third kappa shape index (κ3) is 4.81. The van der Waals surface area contributed by atoms with Crippen molar-refractivity contribution in [3.05, 3.63) is 0 Å². The van der Waals surface area contributed by atoms with Crippen LogP contribution in [0.4, 0.5) is 0 Å². The highest BCUT2D eigenvalue weighted by atomic mass is 16.4. The predicted molar refractivity (Wildman–Crippen MR) is 53.1 cm³/mol. The first-order valence-electron chi connectivity index (χ1n) is 4.69. The average Bonchev–Trinajstić information content (AvgIpc) is 2.04. The maximum atomic E-state index is 11.5. The van der Waals surface area contributed by atoms with Gasteiger partial charge in [0.1, 0.15) is 0 Å². The first-order chi connectivity index (χ1) is 6.51. The molecule has 0 radical (unpaired) electrons. The van der Waals surface area contributed by atoms with Crippen LogP contribution >= 0.6 is 0 Å². The Balaban J connectivity index is 3.97. The SMILES string of the molecule is CCN(CC)C(=O)CN(C)CC(=O)O. The highest BCUT2D eigenvalue weighted by molar-refractivity contribution is 5.79. The number of nitrogens with zero attached hydrogens (tertiary/aromatic N) is 2. The van der Waals surface area contributed by atoms with Gasteiger partial charge in [-0.05, 0) is 20.9 Å². The lowest BCUT2D eigenvalue weighted by atomic mass is 10.4. The Morgan fingerprint density at radius 1 is 1.14 bits per heavy atom. The second-order valence-electron chi connectivity index (χ2n) is 3.13. The lowest BCUT2D eigenvalue weighted by Crippen LogP contribution is -2.40. The van der Waals surface area contributed by atoms with Gasteiger partial charge in [-0.1, -0.05) is 0 Å². The number of carboxylic acids is 1. The van der Waals surface area contributed by atoms with Crippen molar-refractivity contribution in [2.45, 2.75) is 13.8 Å². The third-order valence-electron chi connectivity index (χ3n) is 1.93. The minimum absolute atomic E-state index is 0.0289. The third-order valence-corrected chi connectivity index (χ3v) is 1.93. The van der Waals surface area contributed by atoms with Gasteiger partial charge in [-0.25, -0.2) is 0 Å². The molecule has 5 nitrogen and oxygen atoms in total. The van der Waals surface area contributed by atoms with Crippen LogP contribution in [-0.2, 0) is 9.59 Å². The zero-order chi connectivity index (χ0) is 11.1. The molecule has 14 heavy (non-hydrogen) atoms. The van der Waals surface area contributed by atoms with Crippen LogP contribution in [0.15, 0.2) is 0 Å². The molecule has 0 saturated carbocycles. The van der Waals surface area contributed by atoms with Gasteiger partial charge in [-0.15, -0.1) is 0 Å². The minimum Gasteiger partial charge on any atom is -0.480 e. The molecular formula is C9H18N2O3. The normalized spacial score (nSPS) is 10.3. The van der Waals surface area contributed by atoms with Gasteiger partial charge in [0.15, 0.2) is 0 Å². The summed E-state index contributed by atoms with van der Waals surface area (Å²) in [5.74, 6) is -0.946. The van der Waals surface area contributed by atoms with Crippen molar-refractivity contribution in [3.8, 4) is 0 Å². The molecule has 0 bridgehead atoms. The van der Waals surface area contributed by atoms with Gasteiger partial charge in [0.25, 0.3) is 0 Å². The largest absolute Gasteiger partial charge is 0.480 e. The van der Waals surface area contributed by atoms with E-state index >= 15 is 0 Å². The lowest BCUT2D eigenvalue weighted by molar-refractivity contribution is -0.139. The van der Waals surface area contributed by atoms with Crippen LogP contribution in [-0.4, -0.2) is 60.0 Å². The van der Waals surface area contributed by atoms with E-state index in [4.69, 9.17) is 5.11 Å². The summed E-state index contributed by atoms with van der Waals surface area (Å²) in [6.07, 6.45) is 0. The topological polar surface area (TPSA) is 60.9 Å². The molecule has 0 fully saturated rings. The van der Waals surface area contributed by atoms with Crippen LogP contribution in [0, 0.1) is 0 Å². The van der Waals surface area contributed by atoms with E-state index in [1.165, 1.54) is 4.90 Å². The molecule has 0 rings (SSSR count). The summed E-state index contributed by atoms with van der Waals surface area (Å²) >= 11 is 0. The monoisotopic (exact) mass is 202 g/mol. The van der Waals surface area contributed by atoms with E-state index in [1.54, 1.807) is 11.9 Å². The molecule has 0 aromatic rings. The fraction of sp³-hybridized carbons (Fsp3) is 0.778. The van der Waals surface area contributed by atoms with Crippen LogP contribution < -0.4 is 0 Å². The van der Waals surface area contributed by atoms with Gasteiger partial charge in [0.2, 0.25) is 5.91 Å². The van der Waals surface area contributed by atoms with Gasteiger partial charge in [0, 0.05) is 13.1 Å². The second kappa shape index (κ2) is 6.37. The van der Waals surface area contributed by atoms with Gasteiger partial charge in [-0.3, -0.25) is 14.5 Å². The van der Waals surface area contributed by atoms with Gasteiger partial charge in [-0.2, -0.15) is 0 Å². The van der Waals surface area contributed by atoms with E-state index < -0.39 is 5.97 Å². The number of amides is 1. The van der Waals surface area contributed by atoms with Crippen LogP contribution in [0.2, 0.25) is 0 Å². The van der Waals surface area contributed by atoms with Gasteiger partial charge >= 0.3 is 5.97 Å². The Kier molecular flexibility index (Phi) is 5.87. The van der Waals surface area contributed by atoms with Crippen molar-refractivity contribution in [2.24, 2.45) is 0 Å². The van der Waals surface area contributed by atoms with Crippen molar-refractivity contribution in [1.82, 2.24) is 9.80 Å². The zero-order valence-corrected chi connectivity index (χ0v) is 8.99. The van der Waals surface area contributed by atoms with Crippen molar-refractivity contribution in [1.29, 1.82) is 0 Å². The first-order valence-corrected chi connectivity index (χ1v) is 4.69. The molecule has 0 spiro atoms. The smallest absolute Gasteiger partial charge is 0.317 e. The van der Waals surface area contributed by atoms with Crippen molar-refractivity contribution < 1.29 is 14.7 Å². The lowest BCUT2D eigenvalue weighted by Gasteiger charge is -2.21. The molecule has 5 heteroatoms.